The van der Waals surface area contributed by atoms with Crippen molar-refractivity contribution in [1.82, 2.24) is 9.13 Å². The van der Waals surface area contributed by atoms with Crippen LogP contribution in [0.15, 0.2) is 21.9 Å². The lowest BCUT2D eigenvalue weighted by Crippen LogP contribution is -2.38. The number of rotatable bonds is 2. The van der Waals surface area contributed by atoms with E-state index in [1.807, 2.05) is 0 Å². The maximum absolute atomic E-state index is 12.4. The van der Waals surface area contributed by atoms with Gasteiger partial charge in [0.05, 0.1) is 6.10 Å². The molecule has 0 N–H and O–H groups in total. The van der Waals surface area contributed by atoms with Gasteiger partial charge in [-0.25, -0.2) is 4.79 Å². The summed E-state index contributed by atoms with van der Waals surface area (Å²) in [6.07, 6.45) is 3.12. The Hall–Kier alpha value is -1.36. The summed E-state index contributed by atoms with van der Waals surface area (Å²) in [4.78, 5) is 24.0. The van der Waals surface area contributed by atoms with E-state index in [1.54, 1.807) is 10.8 Å². The van der Waals surface area contributed by atoms with Crippen LogP contribution < -0.4 is 11.2 Å². The number of ether oxygens (including phenoxy) is 1. The fraction of sp³-hybridized carbons (Fsp3) is 0.778. The first-order valence-electron chi connectivity index (χ1n) is 8.34. The summed E-state index contributed by atoms with van der Waals surface area (Å²) in [7, 11) is 1.50. The van der Waals surface area contributed by atoms with E-state index in [2.05, 4.69) is 41.5 Å². The van der Waals surface area contributed by atoms with Crippen molar-refractivity contribution in [1.29, 1.82) is 0 Å². The molecule has 0 amide bonds. The van der Waals surface area contributed by atoms with Gasteiger partial charge in [0.25, 0.3) is 5.56 Å². The molecule has 0 radical (unpaired) electrons. The Morgan fingerprint density at radius 3 is 2.30 bits per heavy atom. The summed E-state index contributed by atoms with van der Waals surface area (Å²) in [5.74, 6) is 0.371. The maximum Gasteiger partial charge on any atom is 0.332 e. The minimum absolute atomic E-state index is 0.106. The van der Waals surface area contributed by atoms with Crippen molar-refractivity contribution < 1.29 is 4.74 Å². The second kappa shape index (κ2) is 5.93. The van der Waals surface area contributed by atoms with E-state index in [4.69, 9.17) is 4.74 Å². The Balaban J connectivity index is 2.35. The van der Waals surface area contributed by atoms with Gasteiger partial charge in [-0.2, -0.15) is 0 Å². The monoisotopic (exact) mass is 322 g/mol. The topological polar surface area (TPSA) is 53.2 Å². The molecule has 0 spiro atoms. The highest BCUT2D eigenvalue weighted by atomic mass is 16.5. The lowest BCUT2D eigenvalue weighted by molar-refractivity contribution is -0.0345. The highest BCUT2D eigenvalue weighted by Gasteiger charge is 2.43. The van der Waals surface area contributed by atoms with E-state index in [-0.39, 0.29) is 34.4 Å². The predicted molar refractivity (Wildman–Crippen MR) is 91.5 cm³/mol. The summed E-state index contributed by atoms with van der Waals surface area (Å²) in [5.41, 5.74) is -0.332. The van der Waals surface area contributed by atoms with Crippen LogP contribution in [0.3, 0.4) is 0 Å². The van der Waals surface area contributed by atoms with Crippen molar-refractivity contribution in [2.75, 3.05) is 0 Å². The van der Waals surface area contributed by atoms with Crippen LogP contribution in [0.4, 0.5) is 0 Å². The first kappa shape index (κ1) is 18.0. The van der Waals surface area contributed by atoms with Gasteiger partial charge in [0.15, 0.2) is 0 Å². The molecular formula is C18H30N2O3. The number of hydrogen-bond acceptors (Lipinski definition) is 3. The highest BCUT2D eigenvalue weighted by Crippen LogP contribution is 2.46. The van der Waals surface area contributed by atoms with Crippen LogP contribution in [-0.4, -0.2) is 15.2 Å². The standard InChI is InChI=1S/C18H30N2O3/c1-17(2,3)11-13-12(18(4,5)6)10-15(23-13)20-9-8-14(21)19(7)16(20)22/h8-9,12-13,15H,10-11H2,1-7H3/t12-,13?,15-/m1/s1. The fourth-order valence-corrected chi connectivity index (χ4v) is 3.41. The van der Waals surface area contributed by atoms with E-state index in [1.165, 1.54) is 13.1 Å². The third-order valence-electron chi connectivity index (χ3n) is 4.69. The molecule has 2 rings (SSSR count). The molecule has 5 nitrogen and oxygen atoms in total. The molecule has 0 aromatic carbocycles. The molecule has 0 bridgehead atoms. The van der Waals surface area contributed by atoms with Crippen LogP contribution in [0.5, 0.6) is 0 Å². The van der Waals surface area contributed by atoms with Gasteiger partial charge in [-0.1, -0.05) is 41.5 Å². The molecule has 1 unspecified atom stereocenters. The van der Waals surface area contributed by atoms with Gasteiger partial charge in [-0.15, -0.1) is 0 Å². The molecule has 2 heterocycles. The minimum atomic E-state index is -0.313. The van der Waals surface area contributed by atoms with Gasteiger partial charge in [0.1, 0.15) is 6.23 Å². The molecule has 1 fully saturated rings. The molecule has 130 valence electrons. The molecular weight excluding hydrogens is 292 g/mol. The fourth-order valence-electron chi connectivity index (χ4n) is 3.41. The Bertz CT molecular complexity index is 673. The number of hydrogen-bond donors (Lipinski definition) is 0. The van der Waals surface area contributed by atoms with E-state index in [0.717, 1.165) is 17.4 Å². The Kier molecular flexibility index (Phi) is 4.64. The van der Waals surface area contributed by atoms with Crippen LogP contribution >= 0.6 is 0 Å². The van der Waals surface area contributed by atoms with Crippen molar-refractivity contribution in [2.45, 2.75) is 66.7 Å². The smallest absolute Gasteiger partial charge is 0.332 e. The molecule has 3 atom stereocenters. The first-order chi connectivity index (χ1) is 10.4. The van der Waals surface area contributed by atoms with Gasteiger partial charge in [-0.3, -0.25) is 13.9 Å². The van der Waals surface area contributed by atoms with Gasteiger partial charge < -0.3 is 4.74 Å². The summed E-state index contributed by atoms with van der Waals surface area (Å²) >= 11 is 0. The highest BCUT2D eigenvalue weighted by molar-refractivity contribution is 4.93. The molecule has 0 saturated carbocycles. The summed E-state index contributed by atoms with van der Waals surface area (Å²) in [6, 6.07) is 1.42. The van der Waals surface area contributed by atoms with Gasteiger partial charge in [0.2, 0.25) is 0 Å². The quantitative estimate of drug-likeness (QED) is 0.841. The molecule has 1 saturated heterocycles. The summed E-state index contributed by atoms with van der Waals surface area (Å²) < 4.78 is 8.98. The predicted octanol–water partition coefficient (Wildman–Crippen LogP) is 2.93. The van der Waals surface area contributed by atoms with Crippen molar-refractivity contribution in [3.05, 3.63) is 33.1 Å². The summed E-state index contributed by atoms with van der Waals surface area (Å²) in [5, 5.41) is 0. The lowest BCUT2D eigenvalue weighted by atomic mass is 9.73. The Morgan fingerprint density at radius 2 is 1.78 bits per heavy atom. The maximum atomic E-state index is 12.4. The molecule has 1 aliphatic heterocycles. The van der Waals surface area contributed by atoms with E-state index in [0.29, 0.717) is 5.92 Å². The Labute approximate surface area is 138 Å². The van der Waals surface area contributed by atoms with Crippen LogP contribution in [0, 0.1) is 16.7 Å². The molecule has 1 aromatic heterocycles. The minimum Gasteiger partial charge on any atom is -0.354 e. The molecule has 1 aliphatic rings. The van der Waals surface area contributed by atoms with Crippen molar-refractivity contribution in [2.24, 2.45) is 23.8 Å². The average Bonchev–Trinajstić information content (AvgIpc) is 2.77. The number of nitrogens with zero attached hydrogens (tertiary/aromatic N) is 2. The van der Waals surface area contributed by atoms with E-state index in [9.17, 15) is 9.59 Å². The molecule has 1 aromatic rings. The van der Waals surface area contributed by atoms with Gasteiger partial charge in [-0.05, 0) is 29.6 Å². The van der Waals surface area contributed by atoms with Crippen molar-refractivity contribution >= 4 is 0 Å². The third-order valence-corrected chi connectivity index (χ3v) is 4.69. The SMILES string of the molecule is Cn1c(=O)ccn([C@H]2C[C@@H](C(C)(C)C)C(CC(C)(C)C)O2)c1=O. The van der Waals surface area contributed by atoms with Gasteiger partial charge in [0, 0.05) is 19.3 Å². The zero-order chi connectivity index (χ0) is 17.6. The van der Waals surface area contributed by atoms with Crippen molar-refractivity contribution in [3.8, 4) is 0 Å². The largest absolute Gasteiger partial charge is 0.354 e. The average molecular weight is 322 g/mol. The van der Waals surface area contributed by atoms with Crippen LogP contribution in [0.1, 0.15) is 60.6 Å². The zero-order valence-corrected chi connectivity index (χ0v) is 15.4. The van der Waals surface area contributed by atoms with E-state index >= 15 is 0 Å². The Morgan fingerprint density at radius 1 is 1.17 bits per heavy atom. The molecule has 0 aliphatic carbocycles. The van der Waals surface area contributed by atoms with Gasteiger partial charge >= 0.3 is 5.69 Å². The molecule has 5 heteroatoms. The second-order valence-corrected chi connectivity index (χ2v) is 9.01. The second-order valence-electron chi connectivity index (χ2n) is 9.01. The lowest BCUT2D eigenvalue weighted by Gasteiger charge is -2.33. The third kappa shape index (κ3) is 3.94. The van der Waals surface area contributed by atoms with Crippen LogP contribution in [0.25, 0.3) is 0 Å². The zero-order valence-electron chi connectivity index (χ0n) is 15.4. The first-order valence-corrected chi connectivity index (χ1v) is 8.34. The van der Waals surface area contributed by atoms with Crippen LogP contribution in [0.2, 0.25) is 0 Å². The van der Waals surface area contributed by atoms with Crippen molar-refractivity contribution in [3.63, 3.8) is 0 Å². The van der Waals surface area contributed by atoms with E-state index < -0.39 is 0 Å². The number of aromatic nitrogens is 2. The van der Waals surface area contributed by atoms with Crippen LogP contribution in [-0.2, 0) is 11.8 Å². The normalized spacial score (nSPS) is 25.8. The molecule has 23 heavy (non-hydrogen) atoms. The summed E-state index contributed by atoms with van der Waals surface area (Å²) in [6.45, 7) is 13.3.